The number of amides is 1. The summed E-state index contributed by atoms with van der Waals surface area (Å²) in [5, 5.41) is 44.9. The first kappa shape index (κ1) is 49.6. The normalized spacial score (nSPS) is 27.0. The van der Waals surface area contributed by atoms with Crippen LogP contribution < -0.4 is 0 Å². The lowest BCUT2D eigenvalue weighted by atomic mass is 9.67. The number of nitrogens with zero attached hydrogens (tertiary/aromatic N) is 7. The highest BCUT2D eigenvalue weighted by Crippen LogP contribution is 2.70. The zero-order chi connectivity index (χ0) is 52.7. The van der Waals surface area contributed by atoms with Crippen LogP contribution in [-0.2, 0) is 25.8 Å². The number of aliphatic carboxylic acids is 1. The van der Waals surface area contributed by atoms with Crippen LogP contribution in [0.1, 0.15) is 138 Å². The standard InChI is InChI=1S/C21H21F2N3O.C18H16F2N2O2.C18H18F2N2O/c1-20(2)13-7-8-21(20,19(27)26-9-4-10-26)18-12(13)11-16(24-25-18)17-14(22)5-3-6-15(17)23;1-17(2)10-6-7-18(17,16(23)24)15-9(10)8-13(21-22-15)14-11(19)4-3-5-12(14)20;1-17(2)11-6-7-18(17,9-23)16-10(11)8-14(21-22-16)15-12(19)4-3-5-13(15)20/h3,5-6,11,13H,4,7-10H2,1-2H3;3-5,8,10H,6-7H2,1-2H3,(H,23,24);3-5,8,11,23H,6-7,9H2,1-2H3/t13-,21+;10-,18+;11-,18-/m111/s1. The molecule has 6 aromatic rings. The smallest absolute Gasteiger partial charge is 0.316 e. The number of carbonyl (C=O) groups excluding carboxylic acids is 1. The lowest BCUT2D eigenvalue weighted by Gasteiger charge is -2.43. The van der Waals surface area contributed by atoms with Crippen LogP contribution in [0.15, 0.2) is 72.8 Å². The third-order valence-electron chi connectivity index (χ3n) is 19.2. The Balaban J connectivity index is 0.000000120. The summed E-state index contributed by atoms with van der Waals surface area (Å²) in [6.45, 7) is 13.9. The second-order valence-corrected chi connectivity index (χ2v) is 22.8. The Hall–Kier alpha value is -6.62. The largest absolute Gasteiger partial charge is 0.481 e. The number of halogens is 6. The zero-order valence-electron chi connectivity index (χ0n) is 41.8. The van der Waals surface area contributed by atoms with Crippen molar-refractivity contribution in [2.24, 2.45) is 16.2 Å². The van der Waals surface area contributed by atoms with Gasteiger partial charge in [-0.25, -0.2) is 26.3 Å². The maximum absolute atomic E-state index is 14.2. The SMILES string of the molecule is CC1(C)[C@@H]2CC[C@@]1(C(=O)N1CCC1)c1nnc(-c3c(F)cccc3F)cc12.CC1(C)[C@@H]2CC[C@@]1(C(=O)O)c1nnc(-c3c(F)cccc3F)cc12.CC1(C)[C@@H]2CC[C@@]1(CO)c1nnc(-c3c(F)cccc3F)cc12. The van der Waals surface area contributed by atoms with Crippen LogP contribution >= 0.6 is 0 Å². The second-order valence-electron chi connectivity index (χ2n) is 22.8. The quantitative estimate of drug-likeness (QED) is 0.154. The van der Waals surface area contributed by atoms with Crippen LogP contribution in [-0.4, -0.2) is 77.3 Å². The van der Waals surface area contributed by atoms with Crippen molar-refractivity contribution in [2.75, 3.05) is 19.7 Å². The van der Waals surface area contributed by atoms with Crippen molar-refractivity contribution in [1.29, 1.82) is 0 Å². The Bertz CT molecular complexity index is 3290. The number of aliphatic hydroxyl groups excluding tert-OH is 1. The first-order chi connectivity index (χ1) is 35.1. The molecule has 7 aliphatic rings. The number of hydrogen-bond acceptors (Lipinski definition) is 9. The summed E-state index contributed by atoms with van der Waals surface area (Å²) < 4.78 is 84.5. The maximum atomic E-state index is 14.2. The molecule has 11 nitrogen and oxygen atoms in total. The summed E-state index contributed by atoms with van der Waals surface area (Å²) >= 11 is 0. The van der Waals surface area contributed by atoms with Gasteiger partial charge in [0.25, 0.3) is 0 Å². The van der Waals surface area contributed by atoms with Gasteiger partial charge in [-0.3, -0.25) is 9.59 Å². The van der Waals surface area contributed by atoms with E-state index in [1.807, 2.05) is 18.7 Å². The summed E-state index contributed by atoms with van der Waals surface area (Å²) in [5.74, 6) is -4.41. The van der Waals surface area contributed by atoms with Crippen molar-refractivity contribution in [1.82, 2.24) is 35.5 Å². The third-order valence-corrected chi connectivity index (χ3v) is 19.2. The number of carbonyl (C=O) groups is 2. The van der Waals surface area contributed by atoms with Crippen LogP contribution in [0.5, 0.6) is 0 Å². The highest BCUT2D eigenvalue weighted by Gasteiger charge is 2.69. The maximum Gasteiger partial charge on any atom is 0.316 e. The molecular weight excluding hydrogens is 961 g/mol. The molecule has 3 aromatic heterocycles. The molecule has 0 unspecified atom stereocenters. The molecule has 6 aliphatic carbocycles. The van der Waals surface area contributed by atoms with Gasteiger partial charge in [0.15, 0.2) is 0 Å². The van der Waals surface area contributed by atoms with E-state index < -0.39 is 62.5 Å². The Morgan fingerprint density at radius 3 is 1.27 bits per heavy atom. The Morgan fingerprint density at radius 2 is 0.878 bits per heavy atom. The fraction of sp³-hybridized carbons (Fsp3) is 0.439. The molecule has 1 saturated heterocycles. The number of likely N-dealkylation sites (tertiary alicyclic amines) is 1. The van der Waals surface area contributed by atoms with Crippen molar-refractivity contribution in [2.45, 2.75) is 120 Å². The summed E-state index contributed by atoms with van der Waals surface area (Å²) in [4.78, 5) is 27.3. The highest BCUT2D eigenvalue weighted by molar-refractivity contribution is 5.92. The third kappa shape index (κ3) is 6.49. The Morgan fingerprint density at radius 1 is 0.527 bits per heavy atom. The van der Waals surface area contributed by atoms with Gasteiger partial charge in [-0.15, -0.1) is 10.2 Å². The van der Waals surface area contributed by atoms with Gasteiger partial charge < -0.3 is 15.1 Å². The summed E-state index contributed by atoms with van der Waals surface area (Å²) in [7, 11) is 0. The number of rotatable bonds is 6. The molecule has 2 N–H and O–H groups in total. The molecule has 1 amide bonds. The van der Waals surface area contributed by atoms with Gasteiger partial charge in [-0.05, 0) is 150 Å². The Labute approximate surface area is 423 Å². The summed E-state index contributed by atoms with van der Waals surface area (Å²) in [5.41, 5.74) is 1.51. The van der Waals surface area contributed by atoms with Crippen LogP contribution in [0.25, 0.3) is 33.8 Å². The van der Waals surface area contributed by atoms with E-state index in [4.69, 9.17) is 0 Å². The lowest BCUT2D eigenvalue weighted by Crippen LogP contribution is -2.55. The lowest BCUT2D eigenvalue weighted by molar-refractivity contribution is -0.147. The zero-order valence-corrected chi connectivity index (χ0v) is 41.8. The van der Waals surface area contributed by atoms with Crippen molar-refractivity contribution in [3.63, 3.8) is 0 Å². The molecule has 0 radical (unpaired) electrons. The number of aliphatic hydroxyl groups is 1. The average molecular weight is 1020 g/mol. The molecule has 1 aliphatic heterocycles. The van der Waals surface area contributed by atoms with Crippen molar-refractivity contribution in [3.8, 4) is 33.8 Å². The van der Waals surface area contributed by atoms with E-state index >= 15 is 0 Å². The number of aromatic nitrogens is 6. The predicted octanol–water partition coefficient (Wildman–Crippen LogP) is 11.0. The highest BCUT2D eigenvalue weighted by atomic mass is 19.2. The van der Waals surface area contributed by atoms with Crippen molar-refractivity contribution < 1.29 is 46.1 Å². The molecule has 74 heavy (non-hydrogen) atoms. The summed E-state index contributed by atoms with van der Waals surface area (Å²) in [6.07, 6.45) is 5.73. The van der Waals surface area contributed by atoms with E-state index in [0.717, 1.165) is 74.0 Å². The Kier molecular flexibility index (Phi) is 11.4. The fourth-order valence-electron chi connectivity index (χ4n) is 14.8. The van der Waals surface area contributed by atoms with E-state index in [1.165, 1.54) is 54.6 Å². The van der Waals surface area contributed by atoms with E-state index in [0.29, 0.717) is 17.8 Å². The first-order valence-corrected chi connectivity index (χ1v) is 25.2. The van der Waals surface area contributed by atoms with Crippen LogP contribution in [0.3, 0.4) is 0 Å². The van der Waals surface area contributed by atoms with Gasteiger partial charge in [-0.2, -0.15) is 20.4 Å². The summed E-state index contributed by atoms with van der Waals surface area (Å²) in [6, 6.07) is 16.3. The van der Waals surface area contributed by atoms with Crippen LogP contribution in [0.2, 0.25) is 0 Å². The van der Waals surface area contributed by atoms with Crippen molar-refractivity contribution in [3.05, 3.63) is 141 Å². The van der Waals surface area contributed by atoms with E-state index in [-0.39, 0.29) is 74.9 Å². The molecular formula is C57H55F6N7O4. The molecule has 3 saturated carbocycles. The molecule has 384 valence electrons. The minimum Gasteiger partial charge on any atom is -0.481 e. The molecule has 4 heterocycles. The van der Waals surface area contributed by atoms with Gasteiger partial charge in [0.2, 0.25) is 5.91 Å². The first-order valence-electron chi connectivity index (χ1n) is 25.2. The van der Waals surface area contributed by atoms with Crippen LogP contribution in [0, 0.1) is 51.1 Å². The molecule has 3 aromatic carbocycles. The number of hydrogen-bond donors (Lipinski definition) is 2. The molecule has 6 atom stereocenters. The number of carboxylic acids is 1. The van der Waals surface area contributed by atoms with E-state index in [1.54, 1.807) is 18.2 Å². The molecule has 4 fully saturated rings. The number of carboxylic acid groups (broad SMARTS) is 1. The molecule has 6 bridgehead atoms. The van der Waals surface area contributed by atoms with Gasteiger partial charge in [-0.1, -0.05) is 59.7 Å². The van der Waals surface area contributed by atoms with Gasteiger partial charge >= 0.3 is 5.97 Å². The molecule has 0 spiro atoms. The number of benzene rings is 3. The molecule has 17 heteroatoms. The topological polar surface area (TPSA) is 155 Å². The van der Waals surface area contributed by atoms with Gasteiger partial charge in [0.1, 0.15) is 40.3 Å². The average Bonchev–Trinajstić information content (AvgIpc) is 4.11. The fourth-order valence-corrected chi connectivity index (χ4v) is 14.8. The van der Waals surface area contributed by atoms with E-state index in [9.17, 15) is 46.1 Å². The van der Waals surface area contributed by atoms with Crippen LogP contribution in [0.4, 0.5) is 26.3 Å². The van der Waals surface area contributed by atoms with Gasteiger partial charge in [0.05, 0.1) is 62.9 Å². The monoisotopic (exact) mass is 1020 g/mol. The van der Waals surface area contributed by atoms with E-state index in [2.05, 4.69) is 58.3 Å². The minimum atomic E-state index is -1.08. The molecule has 13 rings (SSSR count). The minimum absolute atomic E-state index is 0.00677. The second kappa shape index (κ2) is 17.0. The predicted molar refractivity (Wildman–Crippen MR) is 260 cm³/mol. The van der Waals surface area contributed by atoms with Crippen molar-refractivity contribution >= 4 is 11.9 Å². The number of fused-ring (bicyclic) bond motifs is 15. The van der Waals surface area contributed by atoms with Gasteiger partial charge in [0, 0.05) is 18.5 Å².